The van der Waals surface area contributed by atoms with Crippen LogP contribution in [0.3, 0.4) is 0 Å². The Labute approximate surface area is 183 Å². The average Bonchev–Trinajstić information content (AvgIpc) is 3.23. The second kappa shape index (κ2) is 8.67. The van der Waals surface area contributed by atoms with E-state index < -0.39 is 11.7 Å². The molecule has 0 aromatic carbocycles. The van der Waals surface area contributed by atoms with Crippen molar-refractivity contribution in [2.45, 2.75) is 43.8 Å². The van der Waals surface area contributed by atoms with Gasteiger partial charge in [-0.2, -0.15) is 13.2 Å². The number of nitrogens with zero attached hydrogens (tertiary/aromatic N) is 3. The van der Waals surface area contributed by atoms with Crippen LogP contribution in [-0.4, -0.2) is 52.3 Å². The molecule has 7 nitrogen and oxygen atoms in total. The molecule has 5 rings (SSSR count). The molecule has 0 radical (unpaired) electrons. The molecule has 2 aliphatic rings. The van der Waals surface area contributed by atoms with Gasteiger partial charge < -0.3 is 20.4 Å². The van der Waals surface area contributed by atoms with Crippen molar-refractivity contribution in [3.63, 3.8) is 0 Å². The van der Waals surface area contributed by atoms with Gasteiger partial charge in [0.2, 0.25) is 5.95 Å². The van der Waals surface area contributed by atoms with E-state index in [1.165, 1.54) is 0 Å². The maximum Gasteiger partial charge on any atom is 0.419 e. The molecule has 1 atom stereocenters. The van der Waals surface area contributed by atoms with Crippen LogP contribution in [0.25, 0.3) is 22.3 Å². The Morgan fingerprint density at radius 1 is 1.09 bits per heavy atom. The van der Waals surface area contributed by atoms with Crippen LogP contribution < -0.4 is 10.6 Å². The van der Waals surface area contributed by atoms with E-state index in [-0.39, 0.29) is 17.7 Å². The highest BCUT2D eigenvalue weighted by atomic mass is 19.4. The fourth-order valence-corrected chi connectivity index (χ4v) is 4.46. The molecule has 0 amide bonds. The number of aromatic amines is 1. The molecular formula is C22H25F3N6O. The zero-order valence-corrected chi connectivity index (χ0v) is 17.5. The van der Waals surface area contributed by atoms with E-state index in [2.05, 4.69) is 25.6 Å². The van der Waals surface area contributed by atoms with E-state index in [1.807, 2.05) is 12.1 Å². The third-order valence-corrected chi connectivity index (χ3v) is 6.18. The Morgan fingerprint density at radius 3 is 2.69 bits per heavy atom. The summed E-state index contributed by atoms with van der Waals surface area (Å²) in [7, 11) is 0. The maximum atomic E-state index is 13.8. The summed E-state index contributed by atoms with van der Waals surface area (Å²) in [6.45, 7) is 3.06. The summed E-state index contributed by atoms with van der Waals surface area (Å²) < 4.78 is 46.8. The van der Waals surface area contributed by atoms with Crippen molar-refractivity contribution in [1.29, 1.82) is 0 Å². The molecule has 0 bridgehead atoms. The van der Waals surface area contributed by atoms with Gasteiger partial charge in [0.15, 0.2) is 0 Å². The summed E-state index contributed by atoms with van der Waals surface area (Å²) in [4.78, 5) is 16.0. The van der Waals surface area contributed by atoms with Gasteiger partial charge in [-0.1, -0.05) is 0 Å². The second-order valence-electron chi connectivity index (χ2n) is 8.36. The minimum Gasteiger partial charge on any atom is -0.381 e. The van der Waals surface area contributed by atoms with Gasteiger partial charge in [-0.15, -0.1) is 0 Å². The molecule has 0 saturated carbocycles. The van der Waals surface area contributed by atoms with E-state index in [9.17, 15) is 13.2 Å². The lowest BCUT2D eigenvalue weighted by molar-refractivity contribution is -0.137. The lowest BCUT2D eigenvalue weighted by Crippen LogP contribution is -2.38. The van der Waals surface area contributed by atoms with Crippen molar-refractivity contribution in [2.24, 2.45) is 0 Å². The maximum absolute atomic E-state index is 13.8. The van der Waals surface area contributed by atoms with Crippen molar-refractivity contribution in [3.05, 3.63) is 35.8 Å². The molecule has 2 aliphatic heterocycles. The largest absolute Gasteiger partial charge is 0.419 e. The minimum atomic E-state index is -4.57. The zero-order valence-electron chi connectivity index (χ0n) is 17.5. The molecule has 0 spiro atoms. The van der Waals surface area contributed by atoms with Gasteiger partial charge in [-0.25, -0.2) is 15.0 Å². The predicted molar refractivity (Wildman–Crippen MR) is 114 cm³/mol. The number of piperidine rings is 1. The number of nitrogens with one attached hydrogen (secondary N) is 3. The number of fused-ring (bicyclic) bond motifs is 1. The van der Waals surface area contributed by atoms with Crippen LogP contribution in [0, 0.1) is 0 Å². The third kappa shape index (κ3) is 4.29. The molecule has 3 aromatic heterocycles. The van der Waals surface area contributed by atoms with Gasteiger partial charge in [0, 0.05) is 60.8 Å². The molecule has 5 heterocycles. The van der Waals surface area contributed by atoms with Gasteiger partial charge in [0.05, 0.1) is 5.69 Å². The SMILES string of the molecule is FC(F)(F)c1cnc(NC2CCCNC2)nc1-c1c[nH]c2nc(C3CCOCC3)ccc12. The molecule has 10 heteroatoms. The Bertz CT molecular complexity index is 1090. The van der Waals surface area contributed by atoms with Gasteiger partial charge in [0.25, 0.3) is 0 Å². The van der Waals surface area contributed by atoms with Crippen LogP contribution in [0.2, 0.25) is 0 Å². The lowest BCUT2D eigenvalue weighted by atomic mass is 9.95. The Kier molecular flexibility index (Phi) is 5.73. The summed E-state index contributed by atoms with van der Waals surface area (Å²) in [5, 5.41) is 7.05. The Hall–Kier alpha value is -2.72. The number of halogens is 3. The highest BCUT2D eigenvalue weighted by molar-refractivity contribution is 5.93. The minimum absolute atomic E-state index is 0.0833. The number of hydrogen-bond donors (Lipinski definition) is 3. The van der Waals surface area contributed by atoms with Crippen LogP contribution in [-0.2, 0) is 10.9 Å². The Balaban J connectivity index is 1.52. The first-order valence-corrected chi connectivity index (χ1v) is 11.0. The first-order valence-electron chi connectivity index (χ1n) is 11.0. The fourth-order valence-electron chi connectivity index (χ4n) is 4.46. The quantitative estimate of drug-likeness (QED) is 0.560. The van der Waals surface area contributed by atoms with Crippen LogP contribution in [0.5, 0.6) is 0 Å². The summed E-state index contributed by atoms with van der Waals surface area (Å²) in [5.74, 6) is 0.493. The monoisotopic (exact) mass is 446 g/mol. The van der Waals surface area contributed by atoms with E-state index in [0.717, 1.165) is 50.7 Å². The first-order chi connectivity index (χ1) is 15.5. The van der Waals surface area contributed by atoms with E-state index in [1.54, 1.807) is 6.20 Å². The van der Waals surface area contributed by atoms with Crippen molar-refractivity contribution < 1.29 is 17.9 Å². The third-order valence-electron chi connectivity index (χ3n) is 6.18. The average molecular weight is 446 g/mol. The smallest absolute Gasteiger partial charge is 0.381 e. The van der Waals surface area contributed by atoms with E-state index in [4.69, 9.17) is 9.72 Å². The van der Waals surface area contributed by atoms with E-state index >= 15 is 0 Å². The van der Waals surface area contributed by atoms with Crippen LogP contribution in [0.1, 0.15) is 42.9 Å². The normalized spacial score (nSPS) is 20.5. The van der Waals surface area contributed by atoms with Crippen molar-refractivity contribution in [2.75, 3.05) is 31.6 Å². The highest BCUT2D eigenvalue weighted by Gasteiger charge is 2.36. The van der Waals surface area contributed by atoms with E-state index in [0.29, 0.717) is 35.7 Å². The number of hydrogen-bond acceptors (Lipinski definition) is 6. The number of rotatable bonds is 4. The molecule has 0 aliphatic carbocycles. The fraction of sp³-hybridized carbons (Fsp3) is 0.500. The van der Waals surface area contributed by atoms with Crippen LogP contribution >= 0.6 is 0 Å². The van der Waals surface area contributed by atoms with Crippen molar-refractivity contribution >= 4 is 17.0 Å². The van der Waals surface area contributed by atoms with Gasteiger partial charge in [-0.05, 0) is 44.4 Å². The molecule has 170 valence electrons. The van der Waals surface area contributed by atoms with Crippen molar-refractivity contribution in [1.82, 2.24) is 25.3 Å². The van der Waals surface area contributed by atoms with Gasteiger partial charge in [0.1, 0.15) is 11.2 Å². The molecule has 3 aromatic rings. The van der Waals surface area contributed by atoms with Gasteiger partial charge in [-0.3, -0.25) is 0 Å². The molecule has 2 saturated heterocycles. The molecule has 2 fully saturated rings. The number of anilines is 1. The number of pyridine rings is 1. The summed E-state index contributed by atoms with van der Waals surface area (Å²) in [6.07, 6.45) is 1.54. The lowest BCUT2D eigenvalue weighted by Gasteiger charge is -2.24. The summed E-state index contributed by atoms with van der Waals surface area (Å²) in [5.41, 5.74) is 0.845. The van der Waals surface area contributed by atoms with Crippen LogP contribution in [0.15, 0.2) is 24.5 Å². The molecule has 3 N–H and O–H groups in total. The summed E-state index contributed by atoms with van der Waals surface area (Å²) in [6, 6.07) is 3.82. The first kappa shape index (κ1) is 21.1. The number of ether oxygens (including phenoxy) is 1. The van der Waals surface area contributed by atoms with Gasteiger partial charge >= 0.3 is 6.18 Å². The zero-order chi connectivity index (χ0) is 22.1. The summed E-state index contributed by atoms with van der Waals surface area (Å²) >= 11 is 0. The number of alkyl halides is 3. The molecular weight excluding hydrogens is 421 g/mol. The Morgan fingerprint density at radius 2 is 1.94 bits per heavy atom. The predicted octanol–water partition coefficient (Wildman–Crippen LogP) is 4.10. The topological polar surface area (TPSA) is 87.8 Å². The standard InChI is InChI=1S/C22H25F3N6O/c23-22(24,25)17-12-28-21(29-14-2-1-7-26-10-14)31-19(17)16-11-27-20-15(16)3-4-18(30-20)13-5-8-32-9-6-13/h3-4,11-14,26H,1-2,5-10H2,(H,27,30)(H,28,29,31). The molecule has 1 unspecified atom stereocenters. The van der Waals surface area contributed by atoms with Crippen LogP contribution in [0.4, 0.5) is 19.1 Å². The number of aromatic nitrogens is 4. The molecule has 32 heavy (non-hydrogen) atoms. The van der Waals surface area contributed by atoms with Crippen molar-refractivity contribution in [3.8, 4) is 11.3 Å². The highest BCUT2D eigenvalue weighted by Crippen LogP contribution is 2.39. The second-order valence-corrected chi connectivity index (χ2v) is 8.36. The number of H-pyrrole nitrogens is 1.